The summed E-state index contributed by atoms with van der Waals surface area (Å²) in [6, 6.07) is 7.43. The molecule has 2 heterocycles. The molecule has 2 aliphatic heterocycles. The molecule has 5 nitrogen and oxygen atoms in total. The van der Waals surface area contributed by atoms with Crippen LogP contribution in [0.3, 0.4) is 0 Å². The quantitative estimate of drug-likeness (QED) is 0.784. The van der Waals surface area contributed by atoms with Crippen LogP contribution in [-0.2, 0) is 4.79 Å². The van der Waals surface area contributed by atoms with Gasteiger partial charge in [-0.3, -0.25) is 14.4 Å². The highest BCUT2D eigenvalue weighted by molar-refractivity contribution is 5.97. The van der Waals surface area contributed by atoms with Gasteiger partial charge in [-0.15, -0.1) is 0 Å². The monoisotopic (exact) mass is 354 g/mol. The number of ketones is 1. The summed E-state index contributed by atoms with van der Waals surface area (Å²) in [6.45, 7) is 3.91. The van der Waals surface area contributed by atoms with Crippen molar-refractivity contribution < 1.29 is 14.4 Å². The number of likely N-dealkylation sites (tertiary alicyclic amines) is 2. The molecule has 0 radical (unpaired) electrons. The van der Waals surface area contributed by atoms with E-state index in [1.54, 1.807) is 24.3 Å². The normalized spacial score (nSPS) is 22.6. The van der Waals surface area contributed by atoms with Crippen LogP contribution in [0.1, 0.15) is 66.2 Å². The SMILES string of the molecule is CC(=O)c1ccc(C(=O)N2CCC3(CCC(=O)N(C4CC4)C3)CC2)cc1. The summed E-state index contributed by atoms with van der Waals surface area (Å²) in [6.07, 6.45) is 5.88. The van der Waals surface area contributed by atoms with Crippen LogP contribution >= 0.6 is 0 Å². The lowest BCUT2D eigenvalue weighted by Gasteiger charge is -2.47. The van der Waals surface area contributed by atoms with Gasteiger partial charge in [-0.25, -0.2) is 0 Å². The van der Waals surface area contributed by atoms with Gasteiger partial charge in [-0.1, -0.05) is 12.1 Å². The average Bonchev–Trinajstić information content (AvgIpc) is 3.49. The number of carbonyl (C=O) groups excluding carboxylic acids is 3. The van der Waals surface area contributed by atoms with Crippen LogP contribution in [0.2, 0.25) is 0 Å². The average molecular weight is 354 g/mol. The van der Waals surface area contributed by atoms with Crippen molar-refractivity contribution in [3.05, 3.63) is 35.4 Å². The van der Waals surface area contributed by atoms with E-state index in [4.69, 9.17) is 0 Å². The summed E-state index contributed by atoms with van der Waals surface area (Å²) in [5.41, 5.74) is 1.47. The van der Waals surface area contributed by atoms with Gasteiger partial charge in [0.15, 0.2) is 5.78 Å². The summed E-state index contributed by atoms with van der Waals surface area (Å²) in [4.78, 5) is 40.3. The van der Waals surface area contributed by atoms with E-state index in [0.29, 0.717) is 29.5 Å². The molecule has 1 spiro atoms. The highest BCUT2D eigenvalue weighted by Gasteiger charge is 2.45. The van der Waals surface area contributed by atoms with Crippen molar-refractivity contribution in [2.45, 2.75) is 51.5 Å². The van der Waals surface area contributed by atoms with Crippen LogP contribution in [0, 0.1) is 5.41 Å². The fraction of sp³-hybridized carbons (Fsp3) is 0.571. The second kappa shape index (κ2) is 6.53. The summed E-state index contributed by atoms with van der Waals surface area (Å²) in [5.74, 6) is 0.374. The zero-order chi connectivity index (χ0) is 18.3. The van der Waals surface area contributed by atoms with E-state index < -0.39 is 0 Å². The zero-order valence-electron chi connectivity index (χ0n) is 15.4. The number of Topliss-reactive ketones (excluding diaryl/α,β-unsaturated/α-hetero) is 1. The van der Waals surface area contributed by atoms with E-state index in [2.05, 4.69) is 4.90 Å². The molecule has 0 aromatic heterocycles. The Kier molecular flexibility index (Phi) is 4.33. The van der Waals surface area contributed by atoms with Gasteiger partial charge in [-0.05, 0) is 56.6 Å². The molecule has 138 valence electrons. The fourth-order valence-electron chi connectivity index (χ4n) is 4.39. The van der Waals surface area contributed by atoms with Crippen LogP contribution in [0.15, 0.2) is 24.3 Å². The molecule has 1 saturated carbocycles. The van der Waals surface area contributed by atoms with Crippen molar-refractivity contribution in [3.63, 3.8) is 0 Å². The Hall–Kier alpha value is -2.17. The van der Waals surface area contributed by atoms with Crippen molar-refractivity contribution in [2.24, 2.45) is 5.41 Å². The minimum Gasteiger partial charge on any atom is -0.339 e. The summed E-state index contributed by atoms with van der Waals surface area (Å²) < 4.78 is 0. The molecule has 1 aromatic carbocycles. The van der Waals surface area contributed by atoms with Gasteiger partial charge in [0.1, 0.15) is 0 Å². The second-order valence-corrected chi connectivity index (χ2v) is 8.18. The molecule has 2 amide bonds. The molecule has 3 fully saturated rings. The topological polar surface area (TPSA) is 57.7 Å². The Balaban J connectivity index is 1.39. The van der Waals surface area contributed by atoms with Gasteiger partial charge < -0.3 is 9.80 Å². The van der Waals surface area contributed by atoms with Crippen molar-refractivity contribution in [1.82, 2.24) is 9.80 Å². The lowest BCUT2D eigenvalue weighted by molar-refractivity contribution is -0.139. The lowest BCUT2D eigenvalue weighted by atomic mass is 9.72. The summed E-state index contributed by atoms with van der Waals surface area (Å²) in [7, 11) is 0. The highest BCUT2D eigenvalue weighted by atomic mass is 16.2. The molecule has 0 atom stereocenters. The van der Waals surface area contributed by atoms with Crippen LogP contribution in [-0.4, -0.2) is 53.1 Å². The van der Waals surface area contributed by atoms with Crippen molar-refractivity contribution in [3.8, 4) is 0 Å². The fourth-order valence-corrected chi connectivity index (χ4v) is 4.39. The first-order valence-electron chi connectivity index (χ1n) is 9.67. The van der Waals surface area contributed by atoms with Crippen LogP contribution < -0.4 is 0 Å². The van der Waals surface area contributed by atoms with Crippen LogP contribution in [0.25, 0.3) is 0 Å². The molecule has 5 heteroatoms. The first kappa shape index (κ1) is 17.3. The molecule has 26 heavy (non-hydrogen) atoms. The summed E-state index contributed by atoms with van der Waals surface area (Å²) in [5, 5.41) is 0. The van der Waals surface area contributed by atoms with E-state index in [1.807, 2.05) is 4.90 Å². The lowest BCUT2D eigenvalue weighted by Crippen LogP contribution is -2.52. The first-order valence-corrected chi connectivity index (χ1v) is 9.67. The van der Waals surface area contributed by atoms with Gasteiger partial charge in [-0.2, -0.15) is 0 Å². The van der Waals surface area contributed by atoms with Crippen LogP contribution in [0.5, 0.6) is 0 Å². The molecular formula is C21H26N2O3. The van der Waals surface area contributed by atoms with E-state index in [9.17, 15) is 14.4 Å². The largest absolute Gasteiger partial charge is 0.339 e. The number of piperidine rings is 2. The van der Waals surface area contributed by atoms with Gasteiger partial charge in [0.2, 0.25) is 5.91 Å². The molecule has 1 aromatic rings. The Morgan fingerprint density at radius 3 is 2.19 bits per heavy atom. The third-order valence-electron chi connectivity index (χ3n) is 6.33. The molecule has 0 unspecified atom stereocenters. The third kappa shape index (κ3) is 3.27. The number of carbonyl (C=O) groups is 3. The number of amides is 2. The zero-order valence-corrected chi connectivity index (χ0v) is 15.4. The Morgan fingerprint density at radius 1 is 1.00 bits per heavy atom. The maximum absolute atomic E-state index is 12.8. The third-order valence-corrected chi connectivity index (χ3v) is 6.33. The van der Waals surface area contributed by atoms with E-state index in [0.717, 1.165) is 51.7 Å². The van der Waals surface area contributed by atoms with Crippen LogP contribution in [0.4, 0.5) is 0 Å². The van der Waals surface area contributed by atoms with Crippen molar-refractivity contribution in [2.75, 3.05) is 19.6 Å². The number of benzene rings is 1. The first-order chi connectivity index (χ1) is 12.5. The van der Waals surface area contributed by atoms with E-state index in [-0.39, 0.29) is 17.1 Å². The predicted molar refractivity (Wildman–Crippen MR) is 98.0 cm³/mol. The van der Waals surface area contributed by atoms with Gasteiger partial charge >= 0.3 is 0 Å². The molecule has 4 rings (SSSR count). The molecule has 3 aliphatic rings. The molecule has 2 saturated heterocycles. The van der Waals surface area contributed by atoms with Gasteiger partial charge in [0.25, 0.3) is 5.91 Å². The second-order valence-electron chi connectivity index (χ2n) is 8.18. The minimum atomic E-state index is 0.0102. The minimum absolute atomic E-state index is 0.0102. The maximum atomic E-state index is 12.8. The van der Waals surface area contributed by atoms with Crippen molar-refractivity contribution in [1.29, 1.82) is 0 Å². The predicted octanol–water partition coefficient (Wildman–Crippen LogP) is 2.90. The van der Waals surface area contributed by atoms with Gasteiger partial charge in [0.05, 0.1) is 0 Å². The Labute approximate surface area is 154 Å². The van der Waals surface area contributed by atoms with Gasteiger partial charge in [0, 0.05) is 43.2 Å². The summed E-state index contributed by atoms with van der Waals surface area (Å²) >= 11 is 0. The molecule has 0 bridgehead atoms. The van der Waals surface area contributed by atoms with E-state index in [1.165, 1.54) is 6.92 Å². The number of rotatable bonds is 3. The Morgan fingerprint density at radius 2 is 1.62 bits per heavy atom. The molecule has 0 N–H and O–H groups in total. The standard InChI is InChI=1S/C21H26N2O3/c1-15(24)16-2-4-17(5-3-16)20(26)22-12-10-21(11-13-22)9-8-19(25)23(14-21)18-6-7-18/h2-5,18H,6-14H2,1H3. The molecule has 1 aliphatic carbocycles. The van der Waals surface area contributed by atoms with E-state index >= 15 is 0 Å². The molecular weight excluding hydrogens is 328 g/mol. The van der Waals surface area contributed by atoms with Crippen molar-refractivity contribution >= 4 is 17.6 Å². The Bertz CT molecular complexity index is 728. The number of hydrogen-bond donors (Lipinski definition) is 0. The number of nitrogens with zero attached hydrogens (tertiary/aromatic N) is 2. The number of hydrogen-bond acceptors (Lipinski definition) is 3. The highest BCUT2D eigenvalue weighted by Crippen LogP contribution is 2.43. The maximum Gasteiger partial charge on any atom is 0.253 e. The smallest absolute Gasteiger partial charge is 0.253 e.